The van der Waals surface area contributed by atoms with Crippen molar-refractivity contribution >= 4 is 0 Å². The molecule has 3 rings (SSSR count). The summed E-state index contributed by atoms with van der Waals surface area (Å²) in [6.07, 6.45) is 9.01. The van der Waals surface area contributed by atoms with Crippen LogP contribution in [0.2, 0.25) is 0 Å². The fraction of sp³-hybridized carbons (Fsp3) is 1.00. The van der Waals surface area contributed by atoms with E-state index in [4.69, 9.17) is 0 Å². The van der Waals surface area contributed by atoms with E-state index in [9.17, 15) is 5.11 Å². The molecule has 13 heavy (non-hydrogen) atoms. The first-order valence-corrected chi connectivity index (χ1v) is 5.80. The van der Waals surface area contributed by atoms with Crippen LogP contribution in [0.15, 0.2) is 0 Å². The molecule has 74 valence electrons. The van der Waals surface area contributed by atoms with Crippen molar-refractivity contribution in [1.29, 1.82) is 0 Å². The average molecular weight is 181 g/mol. The topological polar surface area (TPSA) is 23.5 Å². The molecule has 0 aromatic rings. The van der Waals surface area contributed by atoms with E-state index in [0.717, 1.165) is 31.0 Å². The molecule has 2 saturated heterocycles. The van der Waals surface area contributed by atoms with Gasteiger partial charge >= 0.3 is 0 Å². The van der Waals surface area contributed by atoms with Gasteiger partial charge in [0, 0.05) is 18.1 Å². The predicted molar refractivity (Wildman–Crippen MR) is 51.5 cm³/mol. The maximum Gasteiger partial charge on any atom is 0.0570 e. The Morgan fingerprint density at radius 3 is 2.00 bits per heavy atom. The highest BCUT2D eigenvalue weighted by Gasteiger charge is 2.44. The Labute approximate surface area is 79.9 Å². The number of hydrogen-bond donors (Lipinski definition) is 1. The molecule has 0 aromatic heterocycles. The minimum absolute atomic E-state index is 0.00491. The lowest BCUT2D eigenvalue weighted by Crippen LogP contribution is -2.54. The third kappa shape index (κ3) is 1.40. The van der Waals surface area contributed by atoms with Crippen LogP contribution in [-0.4, -0.2) is 34.2 Å². The molecule has 2 atom stereocenters. The molecule has 2 nitrogen and oxygen atoms in total. The van der Waals surface area contributed by atoms with Gasteiger partial charge in [-0.25, -0.2) is 0 Å². The maximum atomic E-state index is 9.71. The van der Waals surface area contributed by atoms with Crippen LogP contribution < -0.4 is 0 Å². The number of piperidine rings is 2. The Balaban J connectivity index is 1.78. The van der Waals surface area contributed by atoms with Crippen LogP contribution in [-0.2, 0) is 0 Å². The van der Waals surface area contributed by atoms with Crippen molar-refractivity contribution in [3.63, 3.8) is 0 Å². The summed E-state index contributed by atoms with van der Waals surface area (Å²) in [5.41, 5.74) is 0. The summed E-state index contributed by atoms with van der Waals surface area (Å²) in [7, 11) is 0. The minimum atomic E-state index is 0.00491. The van der Waals surface area contributed by atoms with Gasteiger partial charge in [-0.2, -0.15) is 0 Å². The third-order valence-corrected chi connectivity index (χ3v) is 3.97. The third-order valence-electron chi connectivity index (χ3n) is 3.97. The Bertz CT molecular complexity index is 188. The van der Waals surface area contributed by atoms with E-state index in [1.54, 1.807) is 0 Å². The molecule has 0 amide bonds. The van der Waals surface area contributed by atoms with Crippen molar-refractivity contribution in [1.82, 2.24) is 4.90 Å². The summed E-state index contributed by atoms with van der Waals surface area (Å²) in [4.78, 5) is 2.75. The smallest absolute Gasteiger partial charge is 0.0570 e. The second kappa shape index (κ2) is 2.96. The molecule has 3 fully saturated rings. The summed E-state index contributed by atoms with van der Waals surface area (Å²) in [5, 5.41) is 9.71. The zero-order valence-corrected chi connectivity index (χ0v) is 8.15. The second-order valence-corrected chi connectivity index (χ2v) is 5.04. The van der Waals surface area contributed by atoms with Crippen molar-refractivity contribution in [2.24, 2.45) is 0 Å². The zero-order chi connectivity index (χ0) is 8.84. The lowest BCUT2D eigenvalue weighted by molar-refractivity contribution is -0.0312. The minimum Gasteiger partial charge on any atom is -0.393 e. The van der Waals surface area contributed by atoms with E-state index in [-0.39, 0.29) is 6.10 Å². The second-order valence-electron chi connectivity index (χ2n) is 5.04. The van der Waals surface area contributed by atoms with Crippen molar-refractivity contribution < 1.29 is 5.11 Å². The number of nitrogens with zero attached hydrogens (tertiary/aromatic N) is 1. The maximum absolute atomic E-state index is 9.71. The highest BCUT2D eigenvalue weighted by atomic mass is 16.3. The largest absolute Gasteiger partial charge is 0.393 e. The molecule has 2 heterocycles. The molecular formula is C11H19NO. The molecule has 0 radical (unpaired) electrons. The quantitative estimate of drug-likeness (QED) is 0.663. The van der Waals surface area contributed by atoms with Crippen LogP contribution in [0.3, 0.4) is 0 Å². The highest BCUT2D eigenvalue weighted by molar-refractivity contribution is 4.99. The Hall–Kier alpha value is -0.0800. The molecule has 2 heteroatoms. The van der Waals surface area contributed by atoms with Gasteiger partial charge in [0.1, 0.15) is 0 Å². The fourth-order valence-corrected chi connectivity index (χ4v) is 3.36. The molecule has 1 saturated carbocycles. The normalized spacial score (nSPS) is 46.4. The van der Waals surface area contributed by atoms with Gasteiger partial charge in [-0.3, -0.25) is 4.90 Å². The summed E-state index contributed by atoms with van der Waals surface area (Å²) < 4.78 is 0. The number of rotatable bonds is 1. The molecule has 2 aliphatic heterocycles. The van der Waals surface area contributed by atoms with Crippen molar-refractivity contribution in [2.75, 3.05) is 0 Å². The van der Waals surface area contributed by atoms with Gasteiger partial charge in [-0.15, -0.1) is 0 Å². The van der Waals surface area contributed by atoms with Gasteiger partial charge in [-0.1, -0.05) is 6.42 Å². The Morgan fingerprint density at radius 2 is 1.46 bits per heavy atom. The average Bonchev–Trinajstić information content (AvgIpc) is 2.85. The molecule has 2 unspecified atom stereocenters. The van der Waals surface area contributed by atoms with Crippen LogP contribution in [0.5, 0.6) is 0 Å². The van der Waals surface area contributed by atoms with E-state index in [2.05, 4.69) is 4.90 Å². The molecule has 3 aliphatic rings. The summed E-state index contributed by atoms with van der Waals surface area (Å²) in [5.74, 6) is 0. The number of aliphatic hydroxyl groups is 1. The van der Waals surface area contributed by atoms with Gasteiger partial charge in [0.2, 0.25) is 0 Å². The zero-order valence-electron chi connectivity index (χ0n) is 8.15. The van der Waals surface area contributed by atoms with E-state index in [1.807, 2.05) is 0 Å². The van der Waals surface area contributed by atoms with Crippen LogP contribution in [0.25, 0.3) is 0 Å². The van der Waals surface area contributed by atoms with Gasteiger partial charge in [0.25, 0.3) is 0 Å². The van der Waals surface area contributed by atoms with Crippen LogP contribution in [0, 0.1) is 0 Å². The van der Waals surface area contributed by atoms with E-state index in [1.165, 1.54) is 32.1 Å². The van der Waals surface area contributed by atoms with E-state index < -0.39 is 0 Å². The van der Waals surface area contributed by atoms with Crippen molar-refractivity contribution in [2.45, 2.75) is 69.2 Å². The predicted octanol–water partition coefficient (Wildman–Crippen LogP) is 1.53. The first-order chi connectivity index (χ1) is 6.34. The number of aliphatic hydroxyl groups excluding tert-OH is 1. The van der Waals surface area contributed by atoms with Gasteiger partial charge in [-0.05, 0) is 38.5 Å². The SMILES string of the molecule is OC1CC2CCCC(C1)N2C1CC1. The van der Waals surface area contributed by atoms with E-state index in [0.29, 0.717) is 0 Å². The van der Waals surface area contributed by atoms with Crippen molar-refractivity contribution in [3.05, 3.63) is 0 Å². The van der Waals surface area contributed by atoms with Gasteiger partial charge in [0.05, 0.1) is 6.10 Å². The monoisotopic (exact) mass is 181 g/mol. The van der Waals surface area contributed by atoms with Gasteiger partial charge in [0.15, 0.2) is 0 Å². The molecule has 0 spiro atoms. The van der Waals surface area contributed by atoms with Crippen LogP contribution >= 0.6 is 0 Å². The molecule has 1 aliphatic carbocycles. The number of hydrogen-bond acceptors (Lipinski definition) is 2. The molecule has 2 bridgehead atoms. The standard InChI is InChI=1S/C11H19NO/c13-11-6-9-2-1-3-10(7-11)12(9)8-4-5-8/h8-11,13H,1-7H2. The molecular weight excluding hydrogens is 162 g/mol. The van der Waals surface area contributed by atoms with Crippen LogP contribution in [0.1, 0.15) is 44.9 Å². The number of fused-ring (bicyclic) bond motifs is 2. The molecule has 1 N–H and O–H groups in total. The summed E-state index contributed by atoms with van der Waals surface area (Å²) in [6, 6.07) is 2.37. The molecule has 0 aromatic carbocycles. The summed E-state index contributed by atoms with van der Waals surface area (Å²) >= 11 is 0. The first kappa shape index (κ1) is 8.25. The lowest BCUT2D eigenvalue weighted by Gasteiger charge is -2.48. The first-order valence-electron chi connectivity index (χ1n) is 5.80. The Morgan fingerprint density at radius 1 is 0.846 bits per heavy atom. The van der Waals surface area contributed by atoms with Gasteiger partial charge < -0.3 is 5.11 Å². The van der Waals surface area contributed by atoms with Crippen LogP contribution in [0.4, 0.5) is 0 Å². The van der Waals surface area contributed by atoms with E-state index >= 15 is 0 Å². The lowest BCUT2D eigenvalue weighted by atomic mass is 9.83. The Kier molecular flexibility index (Phi) is 1.88. The fourth-order valence-electron chi connectivity index (χ4n) is 3.36. The highest BCUT2D eigenvalue weighted by Crippen LogP contribution is 2.41. The summed E-state index contributed by atoms with van der Waals surface area (Å²) in [6.45, 7) is 0. The van der Waals surface area contributed by atoms with Crippen molar-refractivity contribution in [3.8, 4) is 0 Å².